The lowest BCUT2D eigenvalue weighted by molar-refractivity contribution is -0.141. The molecule has 5 rings (SSSR count). The number of Topliss-reactive ketones (excluding diaryl/α,β-unsaturated/α-hetero) is 1. The van der Waals surface area contributed by atoms with E-state index >= 15 is 0 Å². The van der Waals surface area contributed by atoms with Crippen LogP contribution in [0.15, 0.2) is 48.5 Å². The van der Waals surface area contributed by atoms with E-state index in [1.807, 2.05) is 24.3 Å². The van der Waals surface area contributed by atoms with Crippen molar-refractivity contribution in [3.05, 3.63) is 82.4 Å². The minimum atomic E-state index is -0.495. The number of aromatic nitrogens is 2. The molecule has 2 N–H and O–H groups in total. The Morgan fingerprint density at radius 3 is 2.57 bits per heavy atom. The van der Waals surface area contributed by atoms with Crippen molar-refractivity contribution in [1.29, 1.82) is 0 Å². The second-order valence-corrected chi connectivity index (χ2v) is 10.1. The monoisotopic (exact) mass is 502 g/mol. The highest BCUT2D eigenvalue weighted by molar-refractivity contribution is 6.02. The number of benzene rings is 2. The number of carbonyl (C=O) groups is 3. The first-order chi connectivity index (χ1) is 17.8. The van der Waals surface area contributed by atoms with Crippen LogP contribution in [0.1, 0.15) is 77.4 Å². The molecule has 2 aliphatic rings. The van der Waals surface area contributed by atoms with Gasteiger partial charge in [-0.15, -0.1) is 0 Å². The Labute approximate surface area is 215 Å². The van der Waals surface area contributed by atoms with Gasteiger partial charge in [0, 0.05) is 25.8 Å². The number of nitrogens with zero attached hydrogens (tertiary/aromatic N) is 3. The Morgan fingerprint density at radius 2 is 1.86 bits per heavy atom. The number of nitrogens with two attached hydrogens (primary N) is 1. The van der Waals surface area contributed by atoms with Crippen molar-refractivity contribution in [2.45, 2.75) is 64.5 Å². The average Bonchev–Trinajstić information content (AvgIpc) is 3.55. The summed E-state index contributed by atoms with van der Waals surface area (Å²) in [6.45, 7) is 2.16. The minimum Gasteiger partial charge on any atom is -0.326 e. The highest BCUT2D eigenvalue weighted by Crippen LogP contribution is 2.39. The molecule has 2 aromatic carbocycles. The van der Waals surface area contributed by atoms with Gasteiger partial charge < -0.3 is 5.73 Å². The molecule has 1 saturated carbocycles. The number of imide groups is 1. The molecular formula is C29H31FN4O3. The Bertz CT molecular complexity index is 1340. The molecule has 2 fully saturated rings. The zero-order chi connectivity index (χ0) is 26.1. The molecule has 3 aromatic rings. The van der Waals surface area contributed by atoms with E-state index in [1.54, 1.807) is 29.8 Å². The third-order valence-corrected chi connectivity index (χ3v) is 7.26. The largest absolute Gasteiger partial charge is 0.326 e. The van der Waals surface area contributed by atoms with Crippen LogP contribution in [-0.2, 0) is 22.6 Å². The van der Waals surface area contributed by atoms with Gasteiger partial charge in [-0.1, -0.05) is 37.1 Å². The molecule has 192 valence electrons. The Morgan fingerprint density at radius 1 is 1.11 bits per heavy atom. The van der Waals surface area contributed by atoms with E-state index in [0.717, 1.165) is 12.0 Å². The van der Waals surface area contributed by atoms with E-state index in [-0.39, 0.29) is 42.4 Å². The molecule has 2 amide bonds. The molecule has 1 unspecified atom stereocenters. The summed E-state index contributed by atoms with van der Waals surface area (Å²) < 4.78 is 16.5. The number of ketones is 1. The molecule has 7 nitrogen and oxygen atoms in total. The van der Waals surface area contributed by atoms with Crippen LogP contribution >= 0.6 is 0 Å². The van der Waals surface area contributed by atoms with Crippen molar-refractivity contribution >= 4 is 17.6 Å². The molecule has 1 atom stereocenters. The van der Waals surface area contributed by atoms with Gasteiger partial charge in [-0.3, -0.25) is 19.3 Å². The smallest absolute Gasteiger partial charge is 0.230 e. The van der Waals surface area contributed by atoms with Crippen LogP contribution in [-0.4, -0.2) is 32.3 Å². The molecule has 0 spiro atoms. The maximum absolute atomic E-state index is 15.0. The van der Waals surface area contributed by atoms with Crippen molar-refractivity contribution in [2.75, 3.05) is 0 Å². The first-order valence-corrected chi connectivity index (χ1v) is 12.9. The third-order valence-electron chi connectivity index (χ3n) is 7.26. The summed E-state index contributed by atoms with van der Waals surface area (Å²) in [5, 5.41) is 4.48. The van der Waals surface area contributed by atoms with Crippen LogP contribution in [0.4, 0.5) is 4.39 Å². The van der Waals surface area contributed by atoms with Gasteiger partial charge in [-0.2, -0.15) is 5.10 Å². The molecule has 2 heterocycles. The highest BCUT2D eigenvalue weighted by Gasteiger charge is 2.37. The van der Waals surface area contributed by atoms with E-state index in [1.165, 1.54) is 23.8 Å². The lowest BCUT2D eigenvalue weighted by Crippen LogP contribution is -2.33. The highest BCUT2D eigenvalue weighted by atomic mass is 19.1. The van der Waals surface area contributed by atoms with E-state index in [0.29, 0.717) is 41.5 Å². The average molecular weight is 503 g/mol. The van der Waals surface area contributed by atoms with Gasteiger partial charge in [0.15, 0.2) is 5.78 Å². The van der Waals surface area contributed by atoms with Crippen LogP contribution in [0, 0.1) is 18.7 Å². The molecule has 0 radical (unpaired) electrons. The van der Waals surface area contributed by atoms with Crippen molar-refractivity contribution < 1.29 is 18.8 Å². The number of carbonyl (C=O) groups excluding carboxylic acids is 3. The van der Waals surface area contributed by atoms with Crippen molar-refractivity contribution in [1.82, 2.24) is 14.7 Å². The predicted molar refractivity (Wildman–Crippen MR) is 136 cm³/mol. The van der Waals surface area contributed by atoms with Gasteiger partial charge in [-0.05, 0) is 66.6 Å². The number of hydrogen-bond acceptors (Lipinski definition) is 5. The fraction of sp³-hybridized carbons (Fsp3) is 0.379. The summed E-state index contributed by atoms with van der Waals surface area (Å²) in [4.78, 5) is 39.9. The molecule has 0 bridgehead atoms. The van der Waals surface area contributed by atoms with Crippen LogP contribution in [0.3, 0.4) is 0 Å². The van der Waals surface area contributed by atoms with E-state index < -0.39 is 11.9 Å². The van der Waals surface area contributed by atoms with Gasteiger partial charge >= 0.3 is 0 Å². The summed E-state index contributed by atoms with van der Waals surface area (Å²) >= 11 is 0. The van der Waals surface area contributed by atoms with Crippen LogP contribution < -0.4 is 5.73 Å². The van der Waals surface area contributed by atoms with E-state index in [4.69, 9.17) is 5.73 Å². The number of amides is 2. The number of rotatable bonds is 10. The second kappa shape index (κ2) is 10.4. The SMILES string of the molecule is Cc1cc(C(=O)Cc2cc(C(CCC3CC3)N3C(=O)CCC3=O)ccc2F)n(-c2cccc(CN)c2)n1. The normalized spacial score (nSPS) is 16.5. The molecule has 37 heavy (non-hydrogen) atoms. The van der Waals surface area contributed by atoms with Gasteiger partial charge in [0.2, 0.25) is 11.8 Å². The maximum Gasteiger partial charge on any atom is 0.230 e. The Kier molecular flexibility index (Phi) is 7.02. The standard InChI is InChI=1S/C29H31FN4O3/c1-18-13-26(34(32-18)23-4-2-3-20(14-23)17-31)27(35)16-22-15-21(8-9-24(22)30)25(10-7-19-5-6-19)33-28(36)11-12-29(33)37/h2-4,8-9,13-15,19,25H,5-7,10-12,16-17,31H2,1H3. The molecular weight excluding hydrogens is 471 g/mol. The Balaban J connectivity index is 1.44. The molecule has 1 aliphatic carbocycles. The van der Waals surface area contributed by atoms with Crippen molar-refractivity contribution in [2.24, 2.45) is 11.7 Å². The lowest BCUT2D eigenvalue weighted by atomic mass is 9.95. The summed E-state index contributed by atoms with van der Waals surface area (Å²) in [6, 6.07) is 13.3. The summed E-state index contributed by atoms with van der Waals surface area (Å²) in [5.41, 5.74) is 9.34. The predicted octanol–water partition coefficient (Wildman–Crippen LogP) is 4.58. The fourth-order valence-corrected chi connectivity index (χ4v) is 5.10. The van der Waals surface area contributed by atoms with Gasteiger partial charge in [0.05, 0.1) is 17.4 Å². The van der Waals surface area contributed by atoms with E-state index in [2.05, 4.69) is 5.10 Å². The first kappa shape index (κ1) is 25.0. The number of aryl methyl sites for hydroxylation is 1. The fourth-order valence-electron chi connectivity index (χ4n) is 5.10. The van der Waals surface area contributed by atoms with Crippen LogP contribution in [0.5, 0.6) is 0 Å². The zero-order valence-corrected chi connectivity index (χ0v) is 21.0. The van der Waals surface area contributed by atoms with Gasteiger partial charge in [-0.25, -0.2) is 9.07 Å². The summed E-state index contributed by atoms with van der Waals surface area (Å²) in [5.74, 6) is -0.528. The number of hydrogen-bond donors (Lipinski definition) is 1. The lowest BCUT2D eigenvalue weighted by Gasteiger charge is -2.27. The van der Waals surface area contributed by atoms with Crippen molar-refractivity contribution in [3.8, 4) is 5.69 Å². The molecule has 1 aromatic heterocycles. The number of halogens is 1. The quantitative estimate of drug-likeness (QED) is 0.323. The van der Waals surface area contributed by atoms with Crippen LogP contribution in [0.25, 0.3) is 5.69 Å². The minimum absolute atomic E-state index is 0.168. The zero-order valence-electron chi connectivity index (χ0n) is 21.0. The second-order valence-electron chi connectivity index (χ2n) is 10.1. The summed E-state index contributed by atoms with van der Waals surface area (Å²) in [7, 11) is 0. The molecule has 1 aliphatic heterocycles. The third kappa shape index (κ3) is 5.39. The van der Waals surface area contributed by atoms with Gasteiger partial charge in [0.25, 0.3) is 0 Å². The van der Waals surface area contributed by atoms with Crippen molar-refractivity contribution in [3.63, 3.8) is 0 Å². The Hall–Kier alpha value is -3.65. The topological polar surface area (TPSA) is 98.3 Å². The van der Waals surface area contributed by atoms with Gasteiger partial charge in [0.1, 0.15) is 11.5 Å². The summed E-state index contributed by atoms with van der Waals surface area (Å²) in [6.07, 6.45) is 4.13. The molecule has 8 heteroatoms. The van der Waals surface area contributed by atoms with Crippen LogP contribution in [0.2, 0.25) is 0 Å². The van der Waals surface area contributed by atoms with E-state index in [9.17, 15) is 18.8 Å². The number of likely N-dealkylation sites (tertiary alicyclic amines) is 1. The maximum atomic E-state index is 15.0. The molecule has 1 saturated heterocycles. The first-order valence-electron chi connectivity index (χ1n) is 12.9.